The largest absolute Gasteiger partial charge is 0.484 e. The molecule has 164 valence electrons. The molecule has 0 radical (unpaired) electrons. The van der Waals surface area contributed by atoms with Gasteiger partial charge < -0.3 is 15.0 Å². The fourth-order valence-electron chi connectivity index (χ4n) is 3.75. The number of ether oxygens (including phenoxy) is 1. The Bertz CT molecular complexity index is 1030. The molecule has 0 bridgehead atoms. The highest BCUT2D eigenvalue weighted by molar-refractivity contribution is 6.04. The third kappa shape index (κ3) is 5.74. The highest BCUT2D eigenvalue weighted by Crippen LogP contribution is 2.19. The third-order valence-electron chi connectivity index (χ3n) is 5.45. The molecule has 2 amide bonds. The Balaban J connectivity index is 1.33. The summed E-state index contributed by atoms with van der Waals surface area (Å²) in [7, 11) is 0. The Morgan fingerprint density at radius 3 is 2.12 bits per heavy atom. The number of nitrogens with one attached hydrogen (secondary N) is 1. The molecule has 6 nitrogen and oxygen atoms in total. The minimum absolute atomic E-state index is 0.0655. The van der Waals surface area contributed by atoms with Gasteiger partial charge >= 0.3 is 0 Å². The standard InChI is InChI=1S/C26H27N3O3/c30-25(20-32-22-11-5-2-6-12-22)27-24-14-8-7-13-23(24)26(31)29-17-15-28(16-18-29)19-21-9-3-1-4-10-21/h1-14H,15-20H2,(H,27,30). The second kappa shape index (κ2) is 10.6. The molecule has 0 saturated carbocycles. The van der Waals surface area contributed by atoms with Crippen molar-refractivity contribution in [2.75, 3.05) is 38.1 Å². The van der Waals surface area contributed by atoms with Gasteiger partial charge in [-0.05, 0) is 29.8 Å². The maximum Gasteiger partial charge on any atom is 0.262 e. The molecule has 1 N–H and O–H groups in total. The van der Waals surface area contributed by atoms with E-state index in [0.29, 0.717) is 30.1 Å². The molecule has 6 heteroatoms. The number of amides is 2. The van der Waals surface area contributed by atoms with Gasteiger partial charge in [0.15, 0.2) is 6.61 Å². The summed E-state index contributed by atoms with van der Waals surface area (Å²) in [4.78, 5) is 29.8. The summed E-state index contributed by atoms with van der Waals surface area (Å²) in [6, 6.07) is 26.7. The second-order valence-electron chi connectivity index (χ2n) is 7.75. The molecule has 1 aliphatic rings. The van der Waals surface area contributed by atoms with Gasteiger partial charge in [0.05, 0.1) is 11.3 Å². The summed E-state index contributed by atoms with van der Waals surface area (Å²) < 4.78 is 5.50. The van der Waals surface area contributed by atoms with Gasteiger partial charge in [-0.3, -0.25) is 14.5 Å². The van der Waals surface area contributed by atoms with Crippen molar-refractivity contribution in [3.63, 3.8) is 0 Å². The van der Waals surface area contributed by atoms with Crippen LogP contribution >= 0.6 is 0 Å². The van der Waals surface area contributed by atoms with Gasteiger partial charge in [0.2, 0.25) is 0 Å². The average molecular weight is 430 g/mol. The first-order valence-corrected chi connectivity index (χ1v) is 10.8. The molecule has 0 aliphatic carbocycles. The van der Waals surface area contributed by atoms with Crippen molar-refractivity contribution in [1.29, 1.82) is 0 Å². The van der Waals surface area contributed by atoms with E-state index in [1.54, 1.807) is 24.3 Å². The maximum absolute atomic E-state index is 13.2. The number of carbonyl (C=O) groups is 2. The molecule has 3 aromatic carbocycles. The lowest BCUT2D eigenvalue weighted by atomic mass is 10.1. The van der Waals surface area contributed by atoms with Gasteiger partial charge in [0.25, 0.3) is 11.8 Å². The molecule has 4 rings (SSSR count). The van der Waals surface area contributed by atoms with Crippen LogP contribution in [0.4, 0.5) is 5.69 Å². The van der Waals surface area contributed by atoms with E-state index in [9.17, 15) is 9.59 Å². The second-order valence-corrected chi connectivity index (χ2v) is 7.75. The Morgan fingerprint density at radius 1 is 0.781 bits per heavy atom. The van der Waals surface area contributed by atoms with Gasteiger partial charge in [-0.1, -0.05) is 60.7 Å². The predicted molar refractivity (Wildman–Crippen MR) is 125 cm³/mol. The van der Waals surface area contributed by atoms with E-state index in [-0.39, 0.29) is 18.4 Å². The summed E-state index contributed by atoms with van der Waals surface area (Å²) in [5.41, 5.74) is 2.28. The Labute approximate surface area is 188 Å². The van der Waals surface area contributed by atoms with E-state index < -0.39 is 0 Å². The lowest BCUT2D eigenvalue weighted by Gasteiger charge is -2.35. The lowest BCUT2D eigenvalue weighted by molar-refractivity contribution is -0.118. The van der Waals surface area contributed by atoms with Gasteiger partial charge in [-0.25, -0.2) is 0 Å². The van der Waals surface area contributed by atoms with Gasteiger partial charge in [0.1, 0.15) is 5.75 Å². The minimum Gasteiger partial charge on any atom is -0.484 e. The van der Waals surface area contributed by atoms with Crippen molar-refractivity contribution in [2.45, 2.75) is 6.54 Å². The normalized spacial score (nSPS) is 14.1. The van der Waals surface area contributed by atoms with Crippen LogP contribution < -0.4 is 10.1 Å². The number of rotatable bonds is 7. The predicted octanol–water partition coefficient (Wildman–Crippen LogP) is 3.66. The van der Waals surface area contributed by atoms with Crippen molar-refractivity contribution < 1.29 is 14.3 Å². The van der Waals surface area contributed by atoms with Crippen LogP contribution in [-0.4, -0.2) is 54.4 Å². The SMILES string of the molecule is O=C(COc1ccccc1)Nc1ccccc1C(=O)N1CCN(Cc2ccccc2)CC1. The summed E-state index contributed by atoms with van der Waals surface area (Å²) in [6.07, 6.45) is 0. The van der Waals surface area contributed by atoms with Crippen molar-refractivity contribution >= 4 is 17.5 Å². The molecule has 1 fully saturated rings. The summed E-state index contributed by atoms with van der Waals surface area (Å²) >= 11 is 0. The quantitative estimate of drug-likeness (QED) is 0.623. The monoisotopic (exact) mass is 429 g/mol. The Hall–Kier alpha value is -3.64. The molecular formula is C26H27N3O3. The van der Waals surface area contributed by atoms with Crippen LogP contribution in [0.25, 0.3) is 0 Å². The number of nitrogens with zero attached hydrogens (tertiary/aromatic N) is 2. The smallest absolute Gasteiger partial charge is 0.262 e. The first-order chi connectivity index (χ1) is 15.7. The van der Waals surface area contributed by atoms with Crippen molar-refractivity contribution in [3.05, 3.63) is 96.1 Å². The lowest BCUT2D eigenvalue weighted by Crippen LogP contribution is -2.48. The average Bonchev–Trinajstić information content (AvgIpc) is 2.84. The van der Waals surface area contributed by atoms with Crippen LogP contribution in [0.2, 0.25) is 0 Å². The molecule has 0 aromatic heterocycles. The summed E-state index contributed by atoms with van der Waals surface area (Å²) in [5.74, 6) is 0.256. The number of carbonyl (C=O) groups excluding carboxylic acids is 2. The van der Waals surface area contributed by atoms with Crippen molar-refractivity contribution in [3.8, 4) is 5.75 Å². The van der Waals surface area contributed by atoms with E-state index in [1.165, 1.54) is 5.56 Å². The Kier molecular flexibility index (Phi) is 7.15. The van der Waals surface area contributed by atoms with E-state index in [0.717, 1.165) is 19.6 Å². The number of anilines is 1. The zero-order valence-corrected chi connectivity index (χ0v) is 17.9. The molecule has 0 spiro atoms. The molecule has 0 unspecified atom stereocenters. The molecule has 0 atom stereocenters. The van der Waals surface area contributed by atoms with E-state index in [2.05, 4.69) is 22.3 Å². The number of benzene rings is 3. The Morgan fingerprint density at radius 2 is 1.41 bits per heavy atom. The van der Waals surface area contributed by atoms with Crippen LogP contribution in [0, 0.1) is 0 Å². The topological polar surface area (TPSA) is 61.9 Å². The van der Waals surface area contributed by atoms with Crippen LogP contribution in [0.5, 0.6) is 5.75 Å². The first kappa shape index (κ1) is 21.6. The van der Waals surface area contributed by atoms with Crippen LogP contribution in [0.15, 0.2) is 84.9 Å². The van der Waals surface area contributed by atoms with Gasteiger partial charge in [0, 0.05) is 32.7 Å². The first-order valence-electron chi connectivity index (χ1n) is 10.8. The fourth-order valence-corrected chi connectivity index (χ4v) is 3.75. The zero-order chi connectivity index (χ0) is 22.2. The molecule has 32 heavy (non-hydrogen) atoms. The van der Waals surface area contributed by atoms with Crippen molar-refractivity contribution in [1.82, 2.24) is 9.80 Å². The van der Waals surface area contributed by atoms with Crippen molar-refractivity contribution in [2.24, 2.45) is 0 Å². The van der Waals surface area contributed by atoms with Crippen LogP contribution in [0.3, 0.4) is 0 Å². The van der Waals surface area contributed by atoms with Gasteiger partial charge in [-0.15, -0.1) is 0 Å². The number of hydrogen-bond acceptors (Lipinski definition) is 4. The molecular weight excluding hydrogens is 402 g/mol. The van der Waals surface area contributed by atoms with E-state index in [1.807, 2.05) is 53.4 Å². The highest BCUT2D eigenvalue weighted by Gasteiger charge is 2.24. The maximum atomic E-state index is 13.2. The summed E-state index contributed by atoms with van der Waals surface area (Å²) in [6.45, 7) is 3.72. The molecule has 1 saturated heterocycles. The molecule has 1 aliphatic heterocycles. The summed E-state index contributed by atoms with van der Waals surface area (Å²) in [5, 5.41) is 2.82. The van der Waals surface area contributed by atoms with E-state index >= 15 is 0 Å². The molecule has 1 heterocycles. The van der Waals surface area contributed by atoms with Crippen LogP contribution in [0.1, 0.15) is 15.9 Å². The number of hydrogen-bond donors (Lipinski definition) is 1. The van der Waals surface area contributed by atoms with Crippen LogP contribution in [-0.2, 0) is 11.3 Å². The fraction of sp³-hybridized carbons (Fsp3) is 0.231. The zero-order valence-electron chi connectivity index (χ0n) is 17.9. The number of para-hydroxylation sites is 2. The highest BCUT2D eigenvalue weighted by atomic mass is 16.5. The minimum atomic E-state index is -0.304. The molecule has 3 aromatic rings. The number of piperazine rings is 1. The van der Waals surface area contributed by atoms with Gasteiger partial charge in [-0.2, -0.15) is 0 Å². The van der Waals surface area contributed by atoms with E-state index in [4.69, 9.17) is 4.74 Å². The third-order valence-corrected chi connectivity index (χ3v) is 5.45.